The molecule has 3 rings (SSSR count). The number of carbonyl (C=O) groups excluding carboxylic acids is 1. The molecule has 0 heterocycles. The van der Waals surface area contributed by atoms with Gasteiger partial charge in [-0.25, -0.2) is 0 Å². The normalized spacial score (nSPS) is 16.3. The lowest BCUT2D eigenvalue weighted by Gasteiger charge is -2.15. The second-order valence-corrected chi connectivity index (χ2v) is 6.13. The summed E-state index contributed by atoms with van der Waals surface area (Å²) in [5.74, 6) is 0.0218. The number of hydrogen-bond acceptors (Lipinski definition) is 1. The molecule has 1 aliphatic rings. The lowest BCUT2D eigenvalue weighted by Crippen LogP contribution is -2.29. The monoisotopic (exact) mass is 317 g/mol. The lowest BCUT2D eigenvalue weighted by molar-refractivity contribution is -0.122. The molecule has 2 nitrogen and oxygen atoms in total. The zero-order chi connectivity index (χ0) is 13.4. The van der Waals surface area contributed by atoms with Crippen molar-refractivity contribution in [2.24, 2.45) is 0 Å². The second kappa shape index (κ2) is 4.97. The molecule has 1 amide bonds. The molecule has 1 atom stereocenters. The van der Waals surface area contributed by atoms with Crippen molar-refractivity contribution in [3.8, 4) is 0 Å². The molecular formula is C16H16BrNO. The Bertz CT molecular complexity index is 634. The molecule has 1 fully saturated rings. The third-order valence-corrected chi connectivity index (χ3v) is 4.15. The fraction of sp³-hybridized carbons (Fsp3) is 0.312. The van der Waals surface area contributed by atoms with Crippen molar-refractivity contribution in [1.82, 2.24) is 5.32 Å². The van der Waals surface area contributed by atoms with Crippen LogP contribution in [-0.2, 0) is 4.79 Å². The highest BCUT2D eigenvalue weighted by Crippen LogP contribution is 2.29. The van der Waals surface area contributed by atoms with Crippen LogP contribution in [0.25, 0.3) is 10.8 Å². The van der Waals surface area contributed by atoms with Gasteiger partial charge in [-0.2, -0.15) is 0 Å². The van der Waals surface area contributed by atoms with Crippen LogP contribution in [0.2, 0.25) is 0 Å². The van der Waals surface area contributed by atoms with Crippen molar-refractivity contribution in [2.75, 3.05) is 0 Å². The summed E-state index contributed by atoms with van der Waals surface area (Å²) in [4.78, 5) is 12.2. The first kappa shape index (κ1) is 12.7. The van der Waals surface area contributed by atoms with Crippen molar-refractivity contribution in [2.45, 2.75) is 31.7 Å². The Labute approximate surface area is 121 Å². The Hall–Kier alpha value is -1.35. The Morgan fingerprint density at radius 3 is 2.84 bits per heavy atom. The van der Waals surface area contributed by atoms with E-state index in [1.165, 1.54) is 5.39 Å². The van der Waals surface area contributed by atoms with E-state index >= 15 is 0 Å². The average molecular weight is 318 g/mol. The first-order valence-electron chi connectivity index (χ1n) is 6.64. The van der Waals surface area contributed by atoms with Crippen LogP contribution < -0.4 is 5.32 Å². The van der Waals surface area contributed by atoms with Crippen molar-refractivity contribution < 1.29 is 4.79 Å². The van der Waals surface area contributed by atoms with Gasteiger partial charge in [-0.3, -0.25) is 4.79 Å². The Balaban J connectivity index is 1.98. The van der Waals surface area contributed by atoms with Crippen LogP contribution in [0.5, 0.6) is 0 Å². The van der Waals surface area contributed by atoms with Crippen LogP contribution in [0, 0.1) is 0 Å². The van der Waals surface area contributed by atoms with Crippen LogP contribution in [-0.4, -0.2) is 11.9 Å². The van der Waals surface area contributed by atoms with Gasteiger partial charge in [0.2, 0.25) is 5.91 Å². The third-order valence-electron chi connectivity index (χ3n) is 3.66. The smallest absolute Gasteiger partial charge is 0.227 e. The Morgan fingerprint density at radius 2 is 2.11 bits per heavy atom. The largest absolute Gasteiger partial charge is 0.353 e. The highest BCUT2D eigenvalue weighted by Gasteiger charge is 2.26. The van der Waals surface area contributed by atoms with Gasteiger partial charge in [0.15, 0.2) is 0 Å². The number of rotatable bonds is 3. The fourth-order valence-electron chi connectivity index (χ4n) is 2.34. The Morgan fingerprint density at radius 1 is 1.32 bits per heavy atom. The van der Waals surface area contributed by atoms with E-state index in [0.29, 0.717) is 6.04 Å². The highest BCUT2D eigenvalue weighted by molar-refractivity contribution is 9.10. The zero-order valence-electron chi connectivity index (χ0n) is 10.8. The molecule has 2 aromatic carbocycles. The van der Waals surface area contributed by atoms with Crippen LogP contribution >= 0.6 is 15.9 Å². The van der Waals surface area contributed by atoms with Gasteiger partial charge < -0.3 is 5.32 Å². The van der Waals surface area contributed by atoms with Gasteiger partial charge in [-0.15, -0.1) is 0 Å². The highest BCUT2D eigenvalue weighted by atomic mass is 79.9. The number of amides is 1. The SMILES string of the molecule is CC(C(=O)NC1CC1)c1cccc2ccc(Br)cc12. The molecule has 19 heavy (non-hydrogen) atoms. The minimum atomic E-state index is -0.112. The lowest BCUT2D eigenvalue weighted by atomic mass is 9.94. The summed E-state index contributed by atoms with van der Waals surface area (Å²) in [7, 11) is 0. The molecule has 1 saturated carbocycles. The van der Waals surface area contributed by atoms with Gasteiger partial charge >= 0.3 is 0 Å². The van der Waals surface area contributed by atoms with Gasteiger partial charge in [-0.1, -0.05) is 40.2 Å². The van der Waals surface area contributed by atoms with E-state index in [-0.39, 0.29) is 11.8 Å². The molecule has 3 heteroatoms. The molecule has 0 spiro atoms. The van der Waals surface area contributed by atoms with Gasteiger partial charge in [0, 0.05) is 10.5 Å². The van der Waals surface area contributed by atoms with Gasteiger partial charge in [-0.05, 0) is 48.2 Å². The summed E-state index contributed by atoms with van der Waals surface area (Å²) in [5, 5.41) is 5.40. The zero-order valence-corrected chi connectivity index (χ0v) is 12.4. The number of carbonyl (C=O) groups is 1. The summed E-state index contributed by atoms with van der Waals surface area (Å²) >= 11 is 3.50. The van der Waals surface area contributed by atoms with E-state index in [4.69, 9.17) is 0 Å². The summed E-state index contributed by atoms with van der Waals surface area (Å²) in [6.07, 6.45) is 2.25. The topological polar surface area (TPSA) is 29.1 Å². The molecule has 0 aliphatic heterocycles. The van der Waals surface area contributed by atoms with Gasteiger partial charge in [0.25, 0.3) is 0 Å². The molecule has 1 N–H and O–H groups in total. The number of halogens is 1. The van der Waals surface area contributed by atoms with E-state index < -0.39 is 0 Å². The molecule has 1 aliphatic carbocycles. The predicted molar refractivity (Wildman–Crippen MR) is 81.2 cm³/mol. The quantitative estimate of drug-likeness (QED) is 0.911. The van der Waals surface area contributed by atoms with Crippen LogP contribution in [0.15, 0.2) is 40.9 Å². The first-order valence-corrected chi connectivity index (χ1v) is 7.43. The molecule has 0 bridgehead atoms. The number of fused-ring (bicyclic) bond motifs is 1. The summed E-state index contributed by atoms with van der Waals surface area (Å²) < 4.78 is 1.04. The summed E-state index contributed by atoms with van der Waals surface area (Å²) in [6, 6.07) is 12.8. The van der Waals surface area contributed by atoms with Gasteiger partial charge in [0.05, 0.1) is 5.92 Å². The Kier molecular flexibility index (Phi) is 3.31. The standard InChI is InChI=1S/C16H16BrNO/c1-10(16(19)18-13-7-8-13)14-4-2-3-11-5-6-12(17)9-15(11)14/h2-6,9-10,13H,7-8H2,1H3,(H,18,19). The molecule has 0 saturated heterocycles. The number of nitrogens with one attached hydrogen (secondary N) is 1. The van der Waals surface area contributed by atoms with E-state index in [1.807, 2.05) is 25.1 Å². The van der Waals surface area contributed by atoms with Gasteiger partial charge in [0.1, 0.15) is 0 Å². The fourth-order valence-corrected chi connectivity index (χ4v) is 2.70. The molecule has 1 unspecified atom stereocenters. The minimum Gasteiger partial charge on any atom is -0.353 e. The van der Waals surface area contributed by atoms with Crippen molar-refractivity contribution in [1.29, 1.82) is 0 Å². The average Bonchev–Trinajstić information content (AvgIpc) is 3.21. The molecular weight excluding hydrogens is 302 g/mol. The predicted octanol–water partition coefficient (Wildman–Crippen LogP) is 3.98. The maximum Gasteiger partial charge on any atom is 0.227 e. The van der Waals surface area contributed by atoms with E-state index in [0.717, 1.165) is 28.3 Å². The number of hydrogen-bond donors (Lipinski definition) is 1. The van der Waals surface area contributed by atoms with Crippen molar-refractivity contribution in [3.63, 3.8) is 0 Å². The second-order valence-electron chi connectivity index (χ2n) is 5.22. The molecule has 98 valence electrons. The van der Waals surface area contributed by atoms with Crippen LogP contribution in [0.1, 0.15) is 31.2 Å². The minimum absolute atomic E-state index is 0.112. The van der Waals surface area contributed by atoms with E-state index in [1.54, 1.807) is 0 Å². The molecule has 0 aromatic heterocycles. The third kappa shape index (κ3) is 2.66. The first-order chi connectivity index (χ1) is 9.15. The van der Waals surface area contributed by atoms with Crippen molar-refractivity contribution in [3.05, 3.63) is 46.4 Å². The molecule has 2 aromatic rings. The van der Waals surface area contributed by atoms with Crippen LogP contribution in [0.4, 0.5) is 0 Å². The van der Waals surface area contributed by atoms with E-state index in [9.17, 15) is 4.79 Å². The summed E-state index contributed by atoms with van der Waals surface area (Å²) in [5.41, 5.74) is 1.09. The van der Waals surface area contributed by atoms with Crippen LogP contribution in [0.3, 0.4) is 0 Å². The maximum absolute atomic E-state index is 12.2. The maximum atomic E-state index is 12.2. The summed E-state index contributed by atoms with van der Waals surface area (Å²) in [6.45, 7) is 1.98. The van der Waals surface area contributed by atoms with Crippen molar-refractivity contribution >= 4 is 32.6 Å². The van der Waals surface area contributed by atoms with E-state index in [2.05, 4.69) is 39.4 Å². The number of benzene rings is 2. The molecule has 0 radical (unpaired) electrons.